The minimum Gasteiger partial charge on any atom is -0.464 e. The molecule has 0 saturated carbocycles. The van der Waals surface area contributed by atoms with Crippen molar-refractivity contribution in [3.05, 3.63) is 18.1 Å². The van der Waals surface area contributed by atoms with Crippen molar-refractivity contribution < 1.29 is 14.6 Å². The molecule has 2 atom stereocenters. The molecule has 0 amide bonds. The van der Waals surface area contributed by atoms with Crippen LogP contribution in [0.4, 0.5) is 5.82 Å². The summed E-state index contributed by atoms with van der Waals surface area (Å²) in [5, 5.41) is 12.3. The Morgan fingerprint density at radius 3 is 2.82 bits per heavy atom. The lowest BCUT2D eigenvalue weighted by atomic mass is 10.1. The molecule has 0 aliphatic heterocycles. The predicted octanol–water partition coefficient (Wildman–Crippen LogP) is 0.834. The van der Waals surface area contributed by atoms with Crippen LogP contribution in [0.5, 0.6) is 0 Å². The molecule has 0 aliphatic carbocycles. The zero-order chi connectivity index (χ0) is 12.8. The summed E-state index contributed by atoms with van der Waals surface area (Å²) in [4.78, 5) is 19.2. The van der Waals surface area contributed by atoms with E-state index in [-0.39, 0.29) is 11.7 Å². The normalized spacial score (nSPS) is 13.9. The van der Waals surface area contributed by atoms with Crippen LogP contribution in [-0.4, -0.2) is 40.3 Å². The monoisotopic (exact) mass is 239 g/mol. The molecule has 6 heteroatoms. The number of anilines is 1. The number of nitrogens with zero attached hydrogens (tertiary/aromatic N) is 2. The molecule has 0 aliphatic rings. The standard InChI is InChI=1S/C11H17N3O3/c1-7(4-8(2)15)13-10-6-12-5-9(14-10)11(16)17-3/h5-8,15H,4H2,1-3H3,(H,13,14). The lowest BCUT2D eigenvalue weighted by Crippen LogP contribution is -2.21. The molecule has 0 radical (unpaired) electrons. The van der Waals surface area contributed by atoms with Gasteiger partial charge >= 0.3 is 5.97 Å². The summed E-state index contributed by atoms with van der Waals surface area (Å²) in [6.45, 7) is 3.63. The van der Waals surface area contributed by atoms with Gasteiger partial charge in [0.25, 0.3) is 0 Å². The largest absolute Gasteiger partial charge is 0.464 e. The SMILES string of the molecule is COC(=O)c1cncc(NC(C)CC(C)O)n1. The molecule has 1 rings (SSSR count). The first-order valence-electron chi connectivity index (χ1n) is 5.38. The molecule has 2 unspecified atom stereocenters. The van der Waals surface area contributed by atoms with Crippen LogP contribution >= 0.6 is 0 Å². The number of nitrogens with one attached hydrogen (secondary N) is 1. The smallest absolute Gasteiger partial charge is 0.358 e. The number of methoxy groups -OCH3 is 1. The van der Waals surface area contributed by atoms with Crippen LogP contribution in [0.1, 0.15) is 30.8 Å². The fourth-order valence-electron chi connectivity index (χ4n) is 1.46. The van der Waals surface area contributed by atoms with E-state index in [0.29, 0.717) is 12.2 Å². The maximum absolute atomic E-state index is 11.2. The van der Waals surface area contributed by atoms with Gasteiger partial charge in [-0.3, -0.25) is 4.98 Å². The highest BCUT2D eigenvalue weighted by molar-refractivity contribution is 5.87. The summed E-state index contributed by atoms with van der Waals surface area (Å²) >= 11 is 0. The first kappa shape index (κ1) is 13.4. The van der Waals surface area contributed by atoms with Gasteiger partial charge in [-0.25, -0.2) is 9.78 Å². The molecular weight excluding hydrogens is 222 g/mol. The number of ether oxygens (including phenoxy) is 1. The number of hydrogen-bond acceptors (Lipinski definition) is 6. The van der Waals surface area contributed by atoms with E-state index in [4.69, 9.17) is 0 Å². The number of carbonyl (C=O) groups is 1. The molecule has 0 fully saturated rings. The Morgan fingerprint density at radius 1 is 1.53 bits per heavy atom. The van der Waals surface area contributed by atoms with Gasteiger partial charge in [0.2, 0.25) is 0 Å². The number of aliphatic hydroxyl groups excluding tert-OH is 1. The first-order chi connectivity index (χ1) is 8.02. The molecule has 94 valence electrons. The highest BCUT2D eigenvalue weighted by atomic mass is 16.5. The van der Waals surface area contributed by atoms with Gasteiger partial charge in [0.1, 0.15) is 5.82 Å². The van der Waals surface area contributed by atoms with Gasteiger partial charge in [0.15, 0.2) is 5.69 Å². The summed E-state index contributed by atoms with van der Waals surface area (Å²) in [6.07, 6.45) is 3.06. The fourth-order valence-corrected chi connectivity index (χ4v) is 1.46. The van der Waals surface area contributed by atoms with Crippen molar-refractivity contribution in [1.29, 1.82) is 0 Å². The van der Waals surface area contributed by atoms with E-state index < -0.39 is 12.1 Å². The number of carbonyl (C=O) groups excluding carboxylic acids is 1. The van der Waals surface area contributed by atoms with Gasteiger partial charge in [-0.05, 0) is 20.3 Å². The molecule has 0 saturated heterocycles. The Hall–Kier alpha value is -1.69. The van der Waals surface area contributed by atoms with Crippen LogP contribution < -0.4 is 5.32 Å². The van der Waals surface area contributed by atoms with Crippen LogP contribution in [0.15, 0.2) is 12.4 Å². The Labute approximate surface area is 100 Å². The second kappa shape index (κ2) is 6.15. The Kier molecular flexibility index (Phi) is 4.84. The van der Waals surface area contributed by atoms with Crippen LogP contribution in [-0.2, 0) is 4.74 Å². The summed E-state index contributed by atoms with van der Waals surface area (Å²) in [7, 11) is 1.29. The summed E-state index contributed by atoms with van der Waals surface area (Å²) < 4.78 is 4.55. The minimum atomic E-state index is -0.524. The van der Waals surface area contributed by atoms with Crippen molar-refractivity contribution >= 4 is 11.8 Å². The van der Waals surface area contributed by atoms with Crippen molar-refractivity contribution in [2.75, 3.05) is 12.4 Å². The van der Waals surface area contributed by atoms with Crippen LogP contribution in [0.3, 0.4) is 0 Å². The van der Waals surface area contributed by atoms with E-state index in [0.717, 1.165) is 0 Å². The molecule has 1 aromatic rings. The van der Waals surface area contributed by atoms with Crippen LogP contribution in [0, 0.1) is 0 Å². The molecule has 0 bridgehead atoms. The highest BCUT2D eigenvalue weighted by Crippen LogP contribution is 2.08. The van der Waals surface area contributed by atoms with Gasteiger partial charge in [-0.15, -0.1) is 0 Å². The third-order valence-electron chi connectivity index (χ3n) is 2.12. The van der Waals surface area contributed by atoms with Crippen molar-refractivity contribution in [2.24, 2.45) is 0 Å². The third kappa shape index (κ3) is 4.36. The quantitative estimate of drug-likeness (QED) is 0.740. The van der Waals surface area contributed by atoms with Crippen LogP contribution in [0.2, 0.25) is 0 Å². The Morgan fingerprint density at radius 2 is 2.24 bits per heavy atom. The van der Waals surface area contributed by atoms with Gasteiger partial charge in [-0.1, -0.05) is 0 Å². The summed E-state index contributed by atoms with van der Waals surface area (Å²) in [5.41, 5.74) is 0.154. The van der Waals surface area contributed by atoms with Crippen molar-refractivity contribution in [3.63, 3.8) is 0 Å². The second-order valence-electron chi connectivity index (χ2n) is 3.91. The van der Waals surface area contributed by atoms with Gasteiger partial charge in [-0.2, -0.15) is 0 Å². The molecule has 2 N–H and O–H groups in total. The minimum absolute atomic E-state index is 0.0391. The average Bonchev–Trinajstić information content (AvgIpc) is 2.27. The van der Waals surface area contributed by atoms with Crippen molar-refractivity contribution in [3.8, 4) is 0 Å². The lowest BCUT2D eigenvalue weighted by Gasteiger charge is -2.15. The second-order valence-corrected chi connectivity index (χ2v) is 3.91. The molecule has 0 aromatic carbocycles. The van der Waals surface area contributed by atoms with E-state index in [2.05, 4.69) is 20.0 Å². The zero-order valence-corrected chi connectivity index (χ0v) is 10.2. The Balaban J connectivity index is 2.68. The van der Waals surface area contributed by atoms with Crippen molar-refractivity contribution in [2.45, 2.75) is 32.4 Å². The maximum atomic E-state index is 11.2. The number of esters is 1. The molecular formula is C11H17N3O3. The lowest BCUT2D eigenvalue weighted by molar-refractivity contribution is 0.0593. The van der Waals surface area contributed by atoms with E-state index >= 15 is 0 Å². The van der Waals surface area contributed by atoms with Gasteiger partial charge < -0.3 is 15.2 Å². The number of aromatic nitrogens is 2. The number of hydrogen-bond donors (Lipinski definition) is 2. The Bertz CT molecular complexity index is 382. The van der Waals surface area contributed by atoms with Gasteiger partial charge in [0.05, 0.1) is 25.6 Å². The third-order valence-corrected chi connectivity index (χ3v) is 2.12. The summed E-state index contributed by atoms with van der Waals surface area (Å²) in [5.74, 6) is -0.0367. The molecule has 17 heavy (non-hydrogen) atoms. The predicted molar refractivity (Wildman–Crippen MR) is 62.8 cm³/mol. The van der Waals surface area contributed by atoms with E-state index in [1.807, 2.05) is 6.92 Å². The van der Waals surface area contributed by atoms with Crippen LogP contribution in [0.25, 0.3) is 0 Å². The zero-order valence-electron chi connectivity index (χ0n) is 10.2. The maximum Gasteiger partial charge on any atom is 0.358 e. The van der Waals surface area contributed by atoms with Crippen molar-refractivity contribution in [1.82, 2.24) is 9.97 Å². The number of rotatable bonds is 5. The topological polar surface area (TPSA) is 84.3 Å². The molecule has 1 heterocycles. The van der Waals surface area contributed by atoms with E-state index in [9.17, 15) is 9.90 Å². The molecule has 1 aromatic heterocycles. The highest BCUT2D eigenvalue weighted by Gasteiger charge is 2.11. The molecule has 0 spiro atoms. The first-order valence-corrected chi connectivity index (χ1v) is 5.38. The van der Waals surface area contributed by atoms with Gasteiger partial charge in [0, 0.05) is 6.04 Å². The summed E-state index contributed by atoms with van der Waals surface area (Å²) in [6, 6.07) is 0.0391. The molecule has 6 nitrogen and oxygen atoms in total. The number of aliphatic hydroxyl groups is 1. The average molecular weight is 239 g/mol. The fraction of sp³-hybridized carbons (Fsp3) is 0.545. The van der Waals surface area contributed by atoms with E-state index in [1.54, 1.807) is 6.92 Å². The van der Waals surface area contributed by atoms with E-state index in [1.165, 1.54) is 19.5 Å².